The van der Waals surface area contributed by atoms with Gasteiger partial charge < -0.3 is 0 Å². The highest BCUT2D eigenvalue weighted by Crippen LogP contribution is 2.29. The third-order valence-corrected chi connectivity index (χ3v) is 5.64. The van der Waals surface area contributed by atoms with E-state index in [4.69, 9.17) is 16.6 Å². The lowest BCUT2D eigenvalue weighted by atomic mass is 9.98. The molecule has 1 aromatic heterocycles. The molecule has 0 radical (unpaired) electrons. The van der Waals surface area contributed by atoms with Gasteiger partial charge in [-0.2, -0.15) is 10.2 Å². The first kappa shape index (κ1) is 21.5. The molecule has 0 amide bonds. The first-order valence-electron chi connectivity index (χ1n) is 9.27. The van der Waals surface area contributed by atoms with Crippen LogP contribution in [0.1, 0.15) is 60.1 Å². The molecule has 3 nitrogen and oxygen atoms in total. The number of hydrogen-bond acceptors (Lipinski definition) is 4. The highest BCUT2D eigenvalue weighted by molar-refractivity contribution is 7.12. The molecule has 0 fully saturated rings. The van der Waals surface area contributed by atoms with Crippen molar-refractivity contribution in [2.24, 2.45) is 15.2 Å². The zero-order valence-electron chi connectivity index (χ0n) is 17.1. The van der Waals surface area contributed by atoms with Crippen molar-refractivity contribution in [3.63, 3.8) is 0 Å². The van der Waals surface area contributed by atoms with E-state index in [2.05, 4.69) is 37.9 Å². The van der Waals surface area contributed by atoms with E-state index >= 15 is 0 Å². The Morgan fingerprint density at radius 1 is 1.00 bits per heavy atom. The second-order valence-electron chi connectivity index (χ2n) is 6.85. The number of thiophene rings is 1. The summed E-state index contributed by atoms with van der Waals surface area (Å²) >= 11 is 7.92. The molecular formula is C22H28ClN3S. The van der Waals surface area contributed by atoms with Crippen molar-refractivity contribution in [1.82, 2.24) is 0 Å². The maximum atomic E-state index is 6.10. The molecule has 0 aliphatic rings. The van der Waals surface area contributed by atoms with Crippen LogP contribution < -0.4 is 0 Å². The fourth-order valence-corrected chi connectivity index (χ4v) is 4.05. The van der Waals surface area contributed by atoms with Gasteiger partial charge in [0.05, 0.1) is 18.0 Å². The Balaban J connectivity index is 2.51. The Morgan fingerprint density at radius 3 is 2.19 bits per heavy atom. The van der Waals surface area contributed by atoms with Crippen LogP contribution in [0.2, 0.25) is 5.02 Å². The summed E-state index contributed by atoms with van der Waals surface area (Å²) in [5, 5.41) is 9.38. The van der Waals surface area contributed by atoms with E-state index in [1.807, 2.05) is 49.4 Å². The number of nitrogens with zero attached hydrogens (tertiary/aromatic N) is 3. The van der Waals surface area contributed by atoms with Crippen LogP contribution in [-0.4, -0.2) is 23.7 Å². The fourth-order valence-electron chi connectivity index (χ4n) is 2.85. The number of aliphatic imine (C=N–C) groups is 1. The van der Waals surface area contributed by atoms with E-state index in [0.717, 1.165) is 40.6 Å². The molecule has 1 aromatic carbocycles. The van der Waals surface area contributed by atoms with Crippen molar-refractivity contribution in [1.29, 1.82) is 0 Å². The van der Waals surface area contributed by atoms with Gasteiger partial charge in [-0.3, -0.25) is 4.99 Å². The number of benzene rings is 1. The molecule has 0 unspecified atom stereocenters. The third-order valence-electron chi connectivity index (χ3n) is 4.27. The average Bonchev–Trinajstić information content (AvgIpc) is 2.87. The summed E-state index contributed by atoms with van der Waals surface area (Å²) in [6.45, 7) is 13.1. The van der Waals surface area contributed by atoms with E-state index < -0.39 is 0 Å². The number of hydrogen-bond donors (Lipinski definition) is 0. The molecule has 2 aromatic rings. The maximum absolute atomic E-state index is 6.10. The second-order valence-corrected chi connectivity index (χ2v) is 8.71. The van der Waals surface area contributed by atoms with Gasteiger partial charge in [-0.1, -0.05) is 37.1 Å². The SMILES string of the molecule is CCC/C(CN=C(c1ccc(Cl)cc1)c1c(C)sc(C)c1C)=N\N=C(C)C. The highest BCUT2D eigenvalue weighted by atomic mass is 35.5. The van der Waals surface area contributed by atoms with Crippen molar-refractivity contribution in [2.45, 2.75) is 54.4 Å². The largest absolute Gasteiger partial charge is 0.278 e. The van der Waals surface area contributed by atoms with E-state index in [1.165, 1.54) is 20.9 Å². The normalized spacial score (nSPS) is 12.4. The van der Waals surface area contributed by atoms with Crippen LogP contribution in [0.5, 0.6) is 0 Å². The van der Waals surface area contributed by atoms with Gasteiger partial charge in [-0.05, 0) is 58.7 Å². The topological polar surface area (TPSA) is 37.1 Å². The zero-order chi connectivity index (χ0) is 20.0. The van der Waals surface area contributed by atoms with Crippen molar-refractivity contribution >= 4 is 40.1 Å². The van der Waals surface area contributed by atoms with Gasteiger partial charge in [0.1, 0.15) is 0 Å². The average molecular weight is 402 g/mol. The Labute approximate surface area is 171 Å². The van der Waals surface area contributed by atoms with E-state index in [-0.39, 0.29) is 0 Å². The van der Waals surface area contributed by atoms with Crippen molar-refractivity contribution in [3.05, 3.63) is 55.7 Å². The van der Waals surface area contributed by atoms with Gasteiger partial charge in [-0.25, -0.2) is 0 Å². The number of aryl methyl sites for hydroxylation is 2. The number of halogens is 1. The van der Waals surface area contributed by atoms with Gasteiger partial charge in [0.15, 0.2) is 0 Å². The van der Waals surface area contributed by atoms with E-state index in [9.17, 15) is 0 Å². The van der Waals surface area contributed by atoms with Gasteiger partial charge in [-0.15, -0.1) is 11.3 Å². The van der Waals surface area contributed by atoms with Crippen LogP contribution in [0.15, 0.2) is 39.5 Å². The Morgan fingerprint density at radius 2 is 1.67 bits per heavy atom. The summed E-state index contributed by atoms with van der Waals surface area (Å²) in [7, 11) is 0. The van der Waals surface area contributed by atoms with Gasteiger partial charge in [0.25, 0.3) is 0 Å². The van der Waals surface area contributed by atoms with Gasteiger partial charge in [0, 0.05) is 31.6 Å². The fraction of sp³-hybridized carbons (Fsp3) is 0.409. The van der Waals surface area contributed by atoms with Crippen molar-refractivity contribution in [3.8, 4) is 0 Å². The summed E-state index contributed by atoms with van der Waals surface area (Å²) in [6, 6.07) is 7.92. The number of rotatable bonds is 7. The summed E-state index contributed by atoms with van der Waals surface area (Å²) in [5.41, 5.74) is 6.56. The Bertz CT molecular complexity index is 870. The predicted octanol–water partition coefficient (Wildman–Crippen LogP) is 6.80. The van der Waals surface area contributed by atoms with Crippen LogP contribution >= 0.6 is 22.9 Å². The molecule has 27 heavy (non-hydrogen) atoms. The molecule has 0 atom stereocenters. The summed E-state index contributed by atoms with van der Waals surface area (Å²) in [4.78, 5) is 7.62. The minimum Gasteiger partial charge on any atom is -0.278 e. The molecule has 0 aliphatic heterocycles. The first-order chi connectivity index (χ1) is 12.8. The van der Waals surface area contributed by atoms with Crippen molar-refractivity contribution < 1.29 is 0 Å². The predicted molar refractivity (Wildman–Crippen MR) is 122 cm³/mol. The van der Waals surface area contributed by atoms with Crippen LogP contribution in [0.3, 0.4) is 0 Å². The summed E-state index contributed by atoms with van der Waals surface area (Å²) < 4.78 is 0. The monoisotopic (exact) mass is 401 g/mol. The van der Waals surface area contributed by atoms with Crippen LogP contribution in [0.25, 0.3) is 0 Å². The second kappa shape index (κ2) is 9.95. The van der Waals surface area contributed by atoms with Gasteiger partial charge >= 0.3 is 0 Å². The van der Waals surface area contributed by atoms with E-state index in [1.54, 1.807) is 0 Å². The smallest absolute Gasteiger partial charge is 0.0798 e. The molecule has 0 bridgehead atoms. The van der Waals surface area contributed by atoms with Crippen LogP contribution in [0, 0.1) is 20.8 Å². The minimum absolute atomic E-state index is 0.552. The maximum Gasteiger partial charge on any atom is 0.0798 e. The van der Waals surface area contributed by atoms with Crippen LogP contribution in [-0.2, 0) is 0 Å². The van der Waals surface area contributed by atoms with E-state index in [0.29, 0.717) is 6.54 Å². The van der Waals surface area contributed by atoms with Crippen molar-refractivity contribution in [2.75, 3.05) is 6.54 Å². The molecule has 0 spiro atoms. The molecule has 144 valence electrons. The molecule has 0 saturated carbocycles. The third kappa shape index (κ3) is 5.85. The quantitative estimate of drug-likeness (QED) is 0.361. The summed E-state index contributed by atoms with van der Waals surface area (Å²) in [5.74, 6) is 0. The van der Waals surface area contributed by atoms with Crippen LogP contribution in [0.4, 0.5) is 0 Å². The van der Waals surface area contributed by atoms with Gasteiger partial charge in [0.2, 0.25) is 0 Å². The molecule has 2 rings (SSSR count). The zero-order valence-corrected chi connectivity index (χ0v) is 18.6. The lowest BCUT2D eigenvalue weighted by molar-refractivity contribution is 0.961. The molecule has 0 aliphatic carbocycles. The first-order valence-corrected chi connectivity index (χ1v) is 10.5. The standard InChI is InChI=1S/C22H28ClN3S/c1-7-8-20(26-25-14(2)3)13-24-22(18-9-11-19(23)12-10-18)21-15(4)16(5)27-17(21)6/h9-12H,7-8,13H2,1-6H3/b24-22?,26-20+. The summed E-state index contributed by atoms with van der Waals surface area (Å²) in [6.07, 6.45) is 1.92. The minimum atomic E-state index is 0.552. The molecule has 1 heterocycles. The lowest BCUT2D eigenvalue weighted by Crippen LogP contribution is -2.11. The molecule has 0 N–H and O–H groups in total. The molecular weight excluding hydrogens is 374 g/mol. The molecule has 5 heteroatoms. The lowest BCUT2D eigenvalue weighted by Gasteiger charge is -2.10. The Kier molecular flexibility index (Phi) is 7.93. The molecule has 0 saturated heterocycles. The Hall–Kier alpha value is -1.78. The highest BCUT2D eigenvalue weighted by Gasteiger charge is 2.17.